The Morgan fingerprint density at radius 3 is 2.17 bits per heavy atom. The van der Waals surface area contributed by atoms with E-state index < -0.39 is 0 Å². The first-order valence-electron chi connectivity index (χ1n) is 5.61. The van der Waals surface area contributed by atoms with Crippen LogP contribution in [0.5, 0.6) is 11.5 Å². The number of benzene rings is 2. The van der Waals surface area contributed by atoms with Crippen molar-refractivity contribution in [3.63, 3.8) is 0 Å². The van der Waals surface area contributed by atoms with Crippen molar-refractivity contribution < 1.29 is 10.2 Å². The third-order valence-electron chi connectivity index (χ3n) is 2.71. The summed E-state index contributed by atoms with van der Waals surface area (Å²) >= 11 is 0. The van der Waals surface area contributed by atoms with Crippen LogP contribution in [0.25, 0.3) is 0 Å². The Hall–Kier alpha value is -2.36. The van der Waals surface area contributed by atoms with Gasteiger partial charge in [-0.05, 0) is 53.4 Å². The summed E-state index contributed by atoms with van der Waals surface area (Å²) in [5, 5.41) is 21.4. The lowest BCUT2D eigenvalue weighted by Crippen LogP contribution is -1.90. The van der Waals surface area contributed by atoms with Crippen molar-refractivity contribution in [2.24, 2.45) is 5.18 Å². The van der Waals surface area contributed by atoms with Crippen LogP contribution in [-0.2, 0) is 12.8 Å². The maximum absolute atomic E-state index is 10.4. The van der Waals surface area contributed by atoms with Crippen molar-refractivity contribution in [2.45, 2.75) is 12.8 Å². The second-order valence-corrected chi connectivity index (χ2v) is 4.12. The number of phenolic OH excluding ortho intramolecular Hbond substituents is 2. The van der Waals surface area contributed by atoms with Crippen LogP contribution < -0.4 is 0 Å². The van der Waals surface area contributed by atoms with Crippen molar-refractivity contribution in [3.8, 4) is 11.5 Å². The van der Waals surface area contributed by atoms with Crippen molar-refractivity contribution in [2.75, 3.05) is 0 Å². The summed E-state index contributed by atoms with van der Waals surface area (Å²) in [4.78, 5) is 10.4. The highest BCUT2D eigenvalue weighted by Crippen LogP contribution is 2.23. The highest BCUT2D eigenvalue weighted by molar-refractivity contribution is 5.46. The van der Waals surface area contributed by atoms with Crippen LogP contribution in [0.1, 0.15) is 11.1 Å². The average Bonchev–Trinajstić information content (AvgIpc) is 2.37. The fourth-order valence-electron chi connectivity index (χ4n) is 1.80. The van der Waals surface area contributed by atoms with Crippen LogP contribution in [-0.4, -0.2) is 10.2 Å². The molecule has 0 fully saturated rings. The van der Waals surface area contributed by atoms with Gasteiger partial charge in [-0.25, -0.2) is 0 Å². The molecule has 0 bridgehead atoms. The molecule has 2 aromatic carbocycles. The summed E-state index contributed by atoms with van der Waals surface area (Å²) in [5.41, 5.74) is 2.17. The lowest BCUT2D eigenvalue weighted by atomic mass is 10.0. The number of rotatable bonds is 4. The largest absolute Gasteiger partial charge is 0.508 e. The molecule has 0 aromatic heterocycles. The molecule has 2 aromatic rings. The van der Waals surface area contributed by atoms with E-state index in [1.165, 1.54) is 6.07 Å². The molecule has 0 unspecified atom stereocenters. The monoisotopic (exact) mass is 243 g/mol. The number of phenols is 2. The summed E-state index contributed by atoms with van der Waals surface area (Å²) in [6, 6.07) is 11.6. The molecule has 0 aliphatic rings. The smallest absolute Gasteiger partial charge is 0.118 e. The fourth-order valence-corrected chi connectivity index (χ4v) is 1.80. The van der Waals surface area contributed by atoms with E-state index in [1.54, 1.807) is 24.3 Å². The standard InChI is InChI=1S/C14H13NO3/c16-13-5-3-10(4-6-13)1-2-11-7-12(15-18)9-14(17)8-11/h3-9,16-17H,1-2H2. The zero-order chi connectivity index (χ0) is 13.0. The third-order valence-corrected chi connectivity index (χ3v) is 2.71. The molecule has 0 saturated heterocycles. The SMILES string of the molecule is O=Nc1cc(O)cc(CCc2ccc(O)cc2)c1. The van der Waals surface area contributed by atoms with Gasteiger partial charge in [-0.2, -0.15) is 0 Å². The molecular weight excluding hydrogens is 230 g/mol. The Morgan fingerprint density at radius 1 is 0.833 bits per heavy atom. The van der Waals surface area contributed by atoms with Crippen molar-refractivity contribution in [1.82, 2.24) is 0 Å². The Balaban J connectivity index is 2.08. The Labute approximate surface area is 105 Å². The molecule has 0 aliphatic heterocycles. The van der Waals surface area contributed by atoms with Gasteiger partial charge in [-0.15, -0.1) is 4.91 Å². The van der Waals surface area contributed by atoms with Gasteiger partial charge in [0.2, 0.25) is 0 Å². The fraction of sp³-hybridized carbons (Fsp3) is 0.143. The van der Waals surface area contributed by atoms with Gasteiger partial charge in [0.15, 0.2) is 0 Å². The molecular formula is C14H13NO3. The normalized spacial score (nSPS) is 10.2. The molecule has 0 saturated carbocycles. The maximum Gasteiger partial charge on any atom is 0.118 e. The van der Waals surface area contributed by atoms with Crippen molar-refractivity contribution in [1.29, 1.82) is 0 Å². The number of aromatic hydroxyl groups is 2. The molecule has 0 heterocycles. The lowest BCUT2D eigenvalue weighted by molar-refractivity contribution is 0.474. The summed E-state index contributed by atoms with van der Waals surface area (Å²) in [6.45, 7) is 0. The number of hydrogen-bond acceptors (Lipinski definition) is 4. The van der Waals surface area contributed by atoms with Crippen molar-refractivity contribution >= 4 is 5.69 Å². The minimum absolute atomic E-state index is 0.0489. The molecule has 2 N–H and O–H groups in total. The highest BCUT2D eigenvalue weighted by atomic mass is 16.3. The van der Waals surface area contributed by atoms with E-state index in [1.807, 2.05) is 12.1 Å². The molecule has 0 spiro atoms. The second-order valence-electron chi connectivity index (χ2n) is 4.12. The van der Waals surface area contributed by atoms with E-state index in [2.05, 4.69) is 5.18 Å². The number of aryl methyl sites for hydroxylation is 2. The first-order chi connectivity index (χ1) is 8.67. The van der Waals surface area contributed by atoms with Gasteiger partial charge in [-0.1, -0.05) is 12.1 Å². The maximum atomic E-state index is 10.4. The van der Waals surface area contributed by atoms with E-state index >= 15 is 0 Å². The molecule has 2 rings (SSSR count). The Kier molecular flexibility index (Phi) is 3.57. The average molecular weight is 243 g/mol. The molecule has 0 amide bonds. The summed E-state index contributed by atoms with van der Waals surface area (Å²) in [7, 11) is 0. The second kappa shape index (κ2) is 5.31. The number of hydrogen-bond donors (Lipinski definition) is 2. The van der Waals surface area contributed by atoms with Gasteiger partial charge in [0, 0.05) is 6.07 Å². The number of nitrogens with zero attached hydrogens (tertiary/aromatic N) is 1. The van der Waals surface area contributed by atoms with Gasteiger partial charge < -0.3 is 10.2 Å². The predicted octanol–water partition coefficient (Wildman–Crippen LogP) is 3.28. The van der Waals surface area contributed by atoms with E-state index in [4.69, 9.17) is 5.11 Å². The van der Waals surface area contributed by atoms with E-state index in [-0.39, 0.29) is 17.2 Å². The van der Waals surface area contributed by atoms with E-state index in [0.717, 1.165) is 17.5 Å². The number of nitroso groups, excluding NO2 is 1. The Bertz CT molecular complexity index is 549. The summed E-state index contributed by atoms with van der Waals surface area (Å²) < 4.78 is 0. The quantitative estimate of drug-likeness (QED) is 0.809. The first-order valence-corrected chi connectivity index (χ1v) is 5.61. The van der Waals surface area contributed by atoms with Crippen LogP contribution >= 0.6 is 0 Å². The molecule has 4 heteroatoms. The van der Waals surface area contributed by atoms with Gasteiger partial charge >= 0.3 is 0 Å². The van der Waals surface area contributed by atoms with Crippen molar-refractivity contribution in [3.05, 3.63) is 58.5 Å². The van der Waals surface area contributed by atoms with Gasteiger partial charge in [0.05, 0.1) is 0 Å². The summed E-state index contributed by atoms with van der Waals surface area (Å²) in [5.74, 6) is 0.288. The van der Waals surface area contributed by atoms with Gasteiger partial charge in [0.25, 0.3) is 0 Å². The zero-order valence-corrected chi connectivity index (χ0v) is 9.71. The van der Waals surface area contributed by atoms with Crippen LogP contribution in [0.15, 0.2) is 47.6 Å². The molecule has 0 atom stereocenters. The molecule has 18 heavy (non-hydrogen) atoms. The third kappa shape index (κ3) is 3.07. The predicted molar refractivity (Wildman–Crippen MR) is 69.1 cm³/mol. The van der Waals surface area contributed by atoms with Crippen LogP contribution in [0, 0.1) is 4.91 Å². The lowest BCUT2D eigenvalue weighted by Gasteiger charge is -2.04. The summed E-state index contributed by atoms with van der Waals surface area (Å²) in [6.07, 6.45) is 1.46. The van der Waals surface area contributed by atoms with Crippen LogP contribution in [0.2, 0.25) is 0 Å². The van der Waals surface area contributed by atoms with Gasteiger partial charge in [-0.3, -0.25) is 0 Å². The van der Waals surface area contributed by atoms with Gasteiger partial charge in [0.1, 0.15) is 17.2 Å². The molecule has 92 valence electrons. The zero-order valence-electron chi connectivity index (χ0n) is 9.71. The van der Waals surface area contributed by atoms with Crippen LogP contribution in [0.4, 0.5) is 5.69 Å². The minimum Gasteiger partial charge on any atom is -0.508 e. The molecule has 4 nitrogen and oxygen atoms in total. The first kappa shape index (κ1) is 12.1. The minimum atomic E-state index is 0.0489. The Morgan fingerprint density at radius 2 is 1.50 bits per heavy atom. The highest BCUT2D eigenvalue weighted by Gasteiger charge is 2.02. The molecule has 0 radical (unpaired) electrons. The van der Waals surface area contributed by atoms with E-state index in [9.17, 15) is 10.0 Å². The van der Waals surface area contributed by atoms with E-state index in [0.29, 0.717) is 6.42 Å². The molecule has 0 aliphatic carbocycles. The van der Waals surface area contributed by atoms with Crippen LogP contribution in [0.3, 0.4) is 0 Å². The topological polar surface area (TPSA) is 69.9 Å².